The third-order valence-corrected chi connectivity index (χ3v) is 7.22. The van der Waals surface area contributed by atoms with Gasteiger partial charge >= 0.3 is 5.97 Å². The zero-order valence-electron chi connectivity index (χ0n) is 20.2. The maximum atomic E-state index is 13.0. The molecule has 1 N–H and O–H groups in total. The second kappa shape index (κ2) is 10.7. The van der Waals surface area contributed by atoms with Crippen LogP contribution in [0.5, 0.6) is 5.75 Å². The van der Waals surface area contributed by atoms with E-state index in [1.165, 1.54) is 11.8 Å². The molecule has 34 heavy (non-hydrogen) atoms. The number of rotatable bonds is 7. The van der Waals surface area contributed by atoms with Crippen LogP contribution in [0, 0.1) is 0 Å². The van der Waals surface area contributed by atoms with Gasteiger partial charge in [-0.2, -0.15) is 0 Å². The molecule has 3 heterocycles. The Balaban J connectivity index is 1.62. The van der Waals surface area contributed by atoms with E-state index in [4.69, 9.17) is 14.5 Å². The summed E-state index contributed by atoms with van der Waals surface area (Å²) < 4.78 is 10.8. The molecule has 1 saturated heterocycles. The van der Waals surface area contributed by atoms with Crippen LogP contribution in [0.15, 0.2) is 51.6 Å². The molecule has 1 amide bonds. The van der Waals surface area contributed by atoms with Gasteiger partial charge in [0.1, 0.15) is 5.75 Å². The van der Waals surface area contributed by atoms with E-state index >= 15 is 0 Å². The van der Waals surface area contributed by atoms with Crippen molar-refractivity contribution >= 4 is 28.8 Å². The number of amides is 1. The Morgan fingerprint density at radius 3 is 2.74 bits per heavy atom. The SMILES string of the molecule is CCOC(=O)C1=C(C)N=C2SC=C(CC(=O)NC3CCN(C)CC3)N2[C@@H]1c1cccc(OC)c1. The summed E-state index contributed by atoms with van der Waals surface area (Å²) in [5.74, 6) is 0.276. The summed E-state index contributed by atoms with van der Waals surface area (Å²) in [4.78, 5) is 35.0. The number of hydrogen-bond acceptors (Lipinski definition) is 8. The van der Waals surface area contributed by atoms with Crippen LogP contribution >= 0.6 is 11.8 Å². The van der Waals surface area contributed by atoms with E-state index < -0.39 is 12.0 Å². The van der Waals surface area contributed by atoms with Gasteiger partial charge in [-0.05, 0) is 69.9 Å². The summed E-state index contributed by atoms with van der Waals surface area (Å²) in [5, 5.41) is 5.90. The molecule has 3 aliphatic rings. The van der Waals surface area contributed by atoms with Gasteiger partial charge in [0.25, 0.3) is 0 Å². The number of carbonyl (C=O) groups excluding carboxylic acids is 2. The number of esters is 1. The number of likely N-dealkylation sites (tertiary alicyclic amines) is 1. The van der Waals surface area contributed by atoms with Gasteiger partial charge in [-0.1, -0.05) is 23.9 Å². The van der Waals surface area contributed by atoms with Crippen molar-refractivity contribution in [3.63, 3.8) is 0 Å². The van der Waals surface area contributed by atoms with Gasteiger partial charge in [0.2, 0.25) is 5.91 Å². The fourth-order valence-electron chi connectivity index (χ4n) is 4.56. The van der Waals surface area contributed by atoms with E-state index in [1.807, 2.05) is 41.5 Å². The predicted molar refractivity (Wildman–Crippen MR) is 133 cm³/mol. The first-order chi connectivity index (χ1) is 16.4. The molecule has 1 atom stereocenters. The number of benzene rings is 1. The molecule has 9 heteroatoms. The van der Waals surface area contributed by atoms with E-state index in [-0.39, 0.29) is 25.0 Å². The molecule has 1 aromatic rings. The quantitative estimate of drug-likeness (QED) is 0.594. The molecule has 0 aromatic heterocycles. The summed E-state index contributed by atoms with van der Waals surface area (Å²) >= 11 is 1.47. The minimum Gasteiger partial charge on any atom is -0.497 e. The minimum atomic E-state index is -0.459. The van der Waals surface area contributed by atoms with Crippen LogP contribution in [0.4, 0.5) is 0 Å². The number of amidine groups is 1. The van der Waals surface area contributed by atoms with Crippen LogP contribution in [0.25, 0.3) is 0 Å². The smallest absolute Gasteiger partial charge is 0.338 e. The first kappa shape index (κ1) is 24.3. The Labute approximate surface area is 205 Å². The van der Waals surface area contributed by atoms with Crippen molar-refractivity contribution < 1.29 is 19.1 Å². The van der Waals surface area contributed by atoms with Crippen LogP contribution in [0.2, 0.25) is 0 Å². The molecule has 0 saturated carbocycles. The van der Waals surface area contributed by atoms with Gasteiger partial charge in [0, 0.05) is 11.7 Å². The Hall–Kier alpha value is -2.78. The van der Waals surface area contributed by atoms with Gasteiger partial charge in [0.05, 0.1) is 37.4 Å². The third kappa shape index (κ3) is 5.15. The molecular weight excluding hydrogens is 452 g/mol. The molecule has 3 aliphatic heterocycles. The number of methoxy groups -OCH3 is 1. The van der Waals surface area contributed by atoms with Gasteiger partial charge < -0.3 is 24.6 Å². The lowest BCUT2D eigenvalue weighted by Gasteiger charge is -2.36. The van der Waals surface area contributed by atoms with E-state index in [0.29, 0.717) is 17.0 Å². The molecular formula is C25H32N4O4S. The van der Waals surface area contributed by atoms with Crippen molar-refractivity contribution in [2.75, 3.05) is 33.9 Å². The first-order valence-corrected chi connectivity index (χ1v) is 12.5. The number of piperidine rings is 1. The maximum Gasteiger partial charge on any atom is 0.338 e. The summed E-state index contributed by atoms with van der Waals surface area (Å²) in [6.07, 6.45) is 2.12. The fraction of sp³-hybridized carbons (Fsp3) is 0.480. The number of thioether (sulfide) groups is 1. The molecule has 8 nitrogen and oxygen atoms in total. The zero-order chi connectivity index (χ0) is 24.2. The molecule has 0 aliphatic carbocycles. The molecule has 0 radical (unpaired) electrons. The summed E-state index contributed by atoms with van der Waals surface area (Å²) in [7, 11) is 3.72. The van der Waals surface area contributed by atoms with Crippen LogP contribution in [-0.2, 0) is 14.3 Å². The van der Waals surface area contributed by atoms with E-state index in [0.717, 1.165) is 42.4 Å². The van der Waals surface area contributed by atoms with Crippen molar-refractivity contribution in [3.8, 4) is 5.75 Å². The Kier molecular flexibility index (Phi) is 7.63. The average molecular weight is 485 g/mol. The lowest BCUT2D eigenvalue weighted by atomic mass is 9.93. The van der Waals surface area contributed by atoms with E-state index in [2.05, 4.69) is 17.3 Å². The van der Waals surface area contributed by atoms with Gasteiger partial charge in [-0.3, -0.25) is 4.79 Å². The number of carbonyl (C=O) groups is 2. The normalized spacial score (nSPS) is 21.1. The number of allylic oxidation sites excluding steroid dienone is 1. The van der Waals surface area contributed by atoms with Crippen LogP contribution < -0.4 is 10.1 Å². The Morgan fingerprint density at radius 2 is 2.03 bits per heavy atom. The molecule has 1 fully saturated rings. The molecule has 0 unspecified atom stereocenters. The van der Waals surface area contributed by atoms with Gasteiger partial charge in [-0.25, -0.2) is 9.79 Å². The highest BCUT2D eigenvalue weighted by Gasteiger charge is 2.41. The highest BCUT2D eigenvalue weighted by Crippen LogP contribution is 2.45. The monoisotopic (exact) mass is 484 g/mol. The number of fused-ring (bicyclic) bond motifs is 1. The second-order valence-corrected chi connectivity index (χ2v) is 9.55. The lowest BCUT2D eigenvalue weighted by molar-refractivity contribution is -0.139. The zero-order valence-corrected chi connectivity index (χ0v) is 21.0. The molecule has 1 aromatic carbocycles. The number of ether oxygens (including phenoxy) is 2. The molecule has 0 spiro atoms. The van der Waals surface area contributed by atoms with Gasteiger partial charge in [0.15, 0.2) is 5.17 Å². The number of nitrogens with one attached hydrogen (secondary N) is 1. The molecule has 0 bridgehead atoms. The van der Waals surface area contributed by atoms with Crippen molar-refractivity contribution in [1.29, 1.82) is 0 Å². The van der Waals surface area contributed by atoms with Gasteiger partial charge in [-0.15, -0.1) is 0 Å². The van der Waals surface area contributed by atoms with Crippen molar-refractivity contribution in [2.45, 2.75) is 45.2 Å². The van der Waals surface area contributed by atoms with Crippen LogP contribution in [0.1, 0.15) is 44.7 Å². The number of nitrogens with zero attached hydrogens (tertiary/aromatic N) is 3. The van der Waals surface area contributed by atoms with Crippen LogP contribution in [-0.4, -0.2) is 66.7 Å². The Morgan fingerprint density at radius 1 is 1.26 bits per heavy atom. The molecule has 4 rings (SSSR count). The summed E-state index contributed by atoms with van der Waals surface area (Å²) in [6.45, 7) is 5.85. The lowest BCUT2D eigenvalue weighted by Crippen LogP contribution is -2.44. The minimum absolute atomic E-state index is 0.0176. The average Bonchev–Trinajstić information content (AvgIpc) is 3.21. The predicted octanol–water partition coefficient (Wildman–Crippen LogP) is 3.43. The molecule has 182 valence electrons. The van der Waals surface area contributed by atoms with E-state index in [1.54, 1.807) is 14.0 Å². The highest BCUT2D eigenvalue weighted by molar-refractivity contribution is 8.16. The van der Waals surface area contributed by atoms with Crippen molar-refractivity contribution in [3.05, 3.63) is 52.2 Å². The largest absolute Gasteiger partial charge is 0.497 e. The van der Waals surface area contributed by atoms with E-state index in [9.17, 15) is 9.59 Å². The highest BCUT2D eigenvalue weighted by atomic mass is 32.2. The second-order valence-electron chi connectivity index (χ2n) is 8.71. The maximum absolute atomic E-state index is 13.0. The fourth-order valence-corrected chi connectivity index (χ4v) is 5.53. The van der Waals surface area contributed by atoms with Crippen LogP contribution in [0.3, 0.4) is 0 Å². The number of hydrogen-bond donors (Lipinski definition) is 1. The Bertz CT molecular complexity index is 1040. The van der Waals surface area contributed by atoms with Crippen molar-refractivity contribution in [1.82, 2.24) is 15.1 Å². The summed E-state index contributed by atoms with van der Waals surface area (Å²) in [5.41, 5.74) is 2.79. The third-order valence-electron chi connectivity index (χ3n) is 6.33. The van der Waals surface area contributed by atoms with Crippen molar-refractivity contribution in [2.24, 2.45) is 4.99 Å². The topological polar surface area (TPSA) is 83.5 Å². The standard InChI is InChI=1S/C25H32N4O4S/c1-5-33-24(31)22-16(2)26-25-29(23(22)17-7-6-8-20(13-17)32-4)19(15-34-25)14-21(30)27-18-9-11-28(3)12-10-18/h6-8,13,15,18,23H,5,9-12,14H2,1-4H3,(H,27,30)/t23-/m1/s1. The summed E-state index contributed by atoms with van der Waals surface area (Å²) in [6, 6.07) is 7.38. The first-order valence-electron chi connectivity index (χ1n) is 11.6. The number of aliphatic imine (C=N–C) groups is 1.